The van der Waals surface area contributed by atoms with Crippen LogP contribution in [-0.2, 0) is 4.79 Å². The summed E-state index contributed by atoms with van der Waals surface area (Å²) in [5.41, 5.74) is 1.60. The fourth-order valence-corrected chi connectivity index (χ4v) is 1.80. The minimum absolute atomic E-state index is 0.265. The van der Waals surface area contributed by atoms with Gasteiger partial charge in [-0.05, 0) is 18.2 Å². The molecular weight excluding hydrogens is 235 g/mol. The summed E-state index contributed by atoms with van der Waals surface area (Å²) in [5, 5.41) is 12.0. The summed E-state index contributed by atoms with van der Waals surface area (Å²) < 4.78 is 13.0. The zero-order valence-corrected chi connectivity index (χ0v) is 9.20. The van der Waals surface area contributed by atoms with E-state index in [4.69, 9.17) is 0 Å². The van der Waals surface area contributed by atoms with Gasteiger partial charge in [-0.3, -0.25) is 9.89 Å². The number of nitrogens with zero attached hydrogens (tertiary/aromatic N) is 1. The number of rotatable bonds is 2. The van der Waals surface area contributed by atoms with Crippen LogP contribution in [0.5, 0.6) is 0 Å². The lowest BCUT2D eigenvalue weighted by atomic mass is 10.1. The largest absolute Gasteiger partial charge is 0.344 e. The van der Waals surface area contributed by atoms with Crippen LogP contribution in [0.2, 0.25) is 0 Å². The molecule has 0 atom stereocenters. The monoisotopic (exact) mass is 244 g/mol. The Bertz CT molecular complexity index is 634. The van der Waals surface area contributed by atoms with E-state index in [0.29, 0.717) is 22.6 Å². The standard InChI is InChI=1S/C12H9FN4O/c13-7-1-2-8-9(12(18)16-10(8)5-7)6-14-11-3-4-15-17-11/h1-6H,(H,16,18)(H2,14,15,17)/b9-6+. The molecule has 2 aromatic rings. The number of benzene rings is 1. The number of H-pyrrole nitrogens is 1. The van der Waals surface area contributed by atoms with Crippen LogP contribution in [0.15, 0.2) is 36.7 Å². The molecule has 0 spiro atoms. The second-order valence-electron chi connectivity index (χ2n) is 3.81. The highest BCUT2D eigenvalue weighted by Crippen LogP contribution is 2.31. The molecule has 0 bridgehead atoms. The van der Waals surface area contributed by atoms with Gasteiger partial charge < -0.3 is 10.6 Å². The Hall–Kier alpha value is -2.63. The number of nitrogens with one attached hydrogen (secondary N) is 3. The van der Waals surface area contributed by atoms with Crippen molar-refractivity contribution in [2.75, 3.05) is 10.6 Å². The number of carbonyl (C=O) groups is 1. The average molecular weight is 244 g/mol. The van der Waals surface area contributed by atoms with Crippen LogP contribution < -0.4 is 10.6 Å². The van der Waals surface area contributed by atoms with E-state index >= 15 is 0 Å². The highest BCUT2D eigenvalue weighted by atomic mass is 19.1. The summed E-state index contributed by atoms with van der Waals surface area (Å²) in [4.78, 5) is 11.7. The van der Waals surface area contributed by atoms with Gasteiger partial charge in [-0.25, -0.2) is 4.39 Å². The van der Waals surface area contributed by atoms with E-state index in [1.165, 1.54) is 12.1 Å². The van der Waals surface area contributed by atoms with E-state index < -0.39 is 0 Å². The molecule has 6 heteroatoms. The van der Waals surface area contributed by atoms with Gasteiger partial charge in [-0.15, -0.1) is 0 Å². The summed E-state index contributed by atoms with van der Waals surface area (Å²) >= 11 is 0. The molecule has 1 aliphatic heterocycles. The maximum absolute atomic E-state index is 13.0. The minimum Gasteiger partial charge on any atom is -0.344 e. The van der Waals surface area contributed by atoms with Gasteiger partial charge in [-0.2, -0.15) is 5.10 Å². The molecule has 0 saturated heterocycles. The van der Waals surface area contributed by atoms with Gasteiger partial charge in [0, 0.05) is 24.0 Å². The normalized spacial score (nSPS) is 15.6. The third-order valence-electron chi connectivity index (χ3n) is 2.63. The molecule has 1 amide bonds. The van der Waals surface area contributed by atoms with Gasteiger partial charge in [0.15, 0.2) is 5.82 Å². The molecule has 3 N–H and O–H groups in total. The van der Waals surface area contributed by atoms with Gasteiger partial charge in [0.25, 0.3) is 5.91 Å². The van der Waals surface area contributed by atoms with Gasteiger partial charge in [-0.1, -0.05) is 0 Å². The first kappa shape index (κ1) is 10.5. The molecule has 1 aromatic heterocycles. The van der Waals surface area contributed by atoms with Crippen LogP contribution >= 0.6 is 0 Å². The number of fused-ring (bicyclic) bond motifs is 1. The van der Waals surface area contributed by atoms with Crippen LogP contribution in [0.25, 0.3) is 5.57 Å². The Labute approximate surface area is 102 Å². The van der Waals surface area contributed by atoms with Gasteiger partial charge in [0.05, 0.1) is 11.3 Å². The Morgan fingerprint density at radius 1 is 1.33 bits per heavy atom. The van der Waals surface area contributed by atoms with Crippen LogP contribution in [0, 0.1) is 5.82 Å². The summed E-state index contributed by atoms with van der Waals surface area (Å²) in [6.45, 7) is 0. The van der Waals surface area contributed by atoms with Crippen molar-refractivity contribution in [3.63, 3.8) is 0 Å². The summed E-state index contributed by atoms with van der Waals surface area (Å²) in [7, 11) is 0. The van der Waals surface area contributed by atoms with E-state index in [9.17, 15) is 9.18 Å². The first-order valence-electron chi connectivity index (χ1n) is 5.32. The molecule has 18 heavy (non-hydrogen) atoms. The third kappa shape index (κ3) is 1.73. The van der Waals surface area contributed by atoms with Crippen LogP contribution in [0.1, 0.15) is 5.56 Å². The second kappa shape index (κ2) is 3.99. The van der Waals surface area contributed by atoms with E-state index in [-0.39, 0.29) is 11.7 Å². The van der Waals surface area contributed by atoms with Crippen molar-refractivity contribution >= 4 is 23.0 Å². The number of hydrogen-bond acceptors (Lipinski definition) is 3. The molecular formula is C12H9FN4O. The Morgan fingerprint density at radius 2 is 2.22 bits per heavy atom. The summed E-state index contributed by atoms with van der Waals surface area (Å²) in [6.07, 6.45) is 3.22. The van der Waals surface area contributed by atoms with Gasteiger partial charge in [0.2, 0.25) is 0 Å². The Kier molecular flexibility index (Phi) is 2.33. The fourth-order valence-electron chi connectivity index (χ4n) is 1.80. The molecule has 2 heterocycles. The summed E-state index contributed by atoms with van der Waals surface area (Å²) in [6, 6.07) is 5.92. The van der Waals surface area contributed by atoms with Crippen molar-refractivity contribution < 1.29 is 9.18 Å². The van der Waals surface area contributed by atoms with Crippen molar-refractivity contribution in [2.45, 2.75) is 0 Å². The minimum atomic E-state index is -0.379. The number of aromatic nitrogens is 2. The maximum Gasteiger partial charge on any atom is 0.257 e. The molecule has 90 valence electrons. The van der Waals surface area contributed by atoms with Crippen molar-refractivity contribution in [1.29, 1.82) is 0 Å². The van der Waals surface area contributed by atoms with Crippen LogP contribution in [0.3, 0.4) is 0 Å². The zero-order chi connectivity index (χ0) is 12.5. The number of anilines is 2. The molecule has 0 fully saturated rings. The number of halogens is 1. The molecule has 0 unspecified atom stereocenters. The van der Waals surface area contributed by atoms with E-state index in [1.807, 2.05) is 0 Å². The van der Waals surface area contributed by atoms with Gasteiger partial charge in [0.1, 0.15) is 5.82 Å². The quantitative estimate of drug-likeness (QED) is 0.707. The Balaban J connectivity index is 1.94. The number of hydrogen-bond donors (Lipinski definition) is 3. The lowest BCUT2D eigenvalue weighted by Gasteiger charge is -1.99. The van der Waals surface area contributed by atoms with Gasteiger partial charge >= 0.3 is 0 Å². The van der Waals surface area contributed by atoms with E-state index in [2.05, 4.69) is 20.8 Å². The molecule has 0 saturated carbocycles. The predicted molar refractivity (Wildman–Crippen MR) is 65.2 cm³/mol. The van der Waals surface area contributed by atoms with Crippen LogP contribution in [-0.4, -0.2) is 16.1 Å². The van der Waals surface area contributed by atoms with Crippen molar-refractivity contribution in [3.8, 4) is 0 Å². The van der Waals surface area contributed by atoms with Crippen molar-refractivity contribution in [2.24, 2.45) is 0 Å². The highest BCUT2D eigenvalue weighted by Gasteiger charge is 2.24. The molecule has 3 rings (SSSR count). The number of aromatic amines is 1. The lowest BCUT2D eigenvalue weighted by molar-refractivity contribution is -0.110. The average Bonchev–Trinajstić information content (AvgIpc) is 2.93. The topological polar surface area (TPSA) is 69.8 Å². The van der Waals surface area contributed by atoms with E-state index in [0.717, 1.165) is 0 Å². The molecule has 0 aliphatic carbocycles. The number of carbonyl (C=O) groups excluding carboxylic acids is 1. The molecule has 0 radical (unpaired) electrons. The first-order valence-corrected chi connectivity index (χ1v) is 5.32. The van der Waals surface area contributed by atoms with Crippen molar-refractivity contribution in [1.82, 2.24) is 10.2 Å². The van der Waals surface area contributed by atoms with Crippen molar-refractivity contribution in [3.05, 3.63) is 48.0 Å². The zero-order valence-electron chi connectivity index (χ0n) is 9.20. The molecule has 5 nitrogen and oxygen atoms in total. The number of amides is 1. The molecule has 1 aromatic carbocycles. The lowest BCUT2D eigenvalue weighted by Crippen LogP contribution is -2.05. The maximum atomic E-state index is 13.0. The summed E-state index contributed by atoms with van der Waals surface area (Å²) in [5.74, 6) is -0.0416. The smallest absolute Gasteiger partial charge is 0.257 e. The van der Waals surface area contributed by atoms with E-state index in [1.54, 1.807) is 24.5 Å². The predicted octanol–water partition coefficient (Wildman–Crippen LogP) is 1.95. The molecule has 1 aliphatic rings. The Morgan fingerprint density at radius 3 is 3.00 bits per heavy atom. The third-order valence-corrected chi connectivity index (χ3v) is 2.63. The first-order chi connectivity index (χ1) is 8.74. The van der Waals surface area contributed by atoms with Crippen LogP contribution in [0.4, 0.5) is 15.9 Å². The highest BCUT2D eigenvalue weighted by molar-refractivity contribution is 6.31. The SMILES string of the molecule is O=C1Nc2cc(F)ccc2/C1=C\Nc1cc[nH]n1. The fraction of sp³-hybridized carbons (Fsp3) is 0. The second-order valence-corrected chi connectivity index (χ2v) is 3.81.